The highest BCUT2D eigenvalue weighted by molar-refractivity contribution is 7.90. The number of nitrogens with zero attached hydrogens (tertiary/aromatic N) is 1. The lowest BCUT2D eigenvalue weighted by Gasteiger charge is -1.99. The number of nitriles is 1. The lowest BCUT2D eigenvalue weighted by molar-refractivity contribution is 0.471. The second-order valence-electron chi connectivity index (χ2n) is 2.56. The molecule has 0 aliphatic heterocycles. The standard InChI is InChI=1S/C8H7NO3S/c1-13(11,12)7-3-2-6(5-9)8(10)4-7/h2-4,10H,1H3. The van der Waals surface area contributed by atoms with Crippen LogP contribution in [0.15, 0.2) is 23.1 Å². The van der Waals surface area contributed by atoms with Crippen LogP contribution in [-0.4, -0.2) is 19.8 Å². The van der Waals surface area contributed by atoms with Gasteiger partial charge in [0.15, 0.2) is 9.84 Å². The molecule has 0 aromatic heterocycles. The molecule has 0 unspecified atom stereocenters. The summed E-state index contributed by atoms with van der Waals surface area (Å²) in [5.74, 6) is -0.314. The Bertz CT molecular complexity index is 471. The molecule has 0 bridgehead atoms. The summed E-state index contributed by atoms with van der Waals surface area (Å²) in [6.07, 6.45) is 1.04. The number of sulfone groups is 1. The molecule has 0 saturated heterocycles. The van der Waals surface area contributed by atoms with Gasteiger partial charge in [0.2, 0.25) is 0 Å². The van der Waals surface area contributed by atoms with E-state index in [0.717, 1.165) is 12.3 Å². The molecule has 0 fully saturated rings. The first-order chi connectivity index (χ1) is 5.95. The van der Waals surface area contributed by atoms with Crippen molar-refractivity contribution < 1.29 is 13.5 Å². The zero-order valence-corrected chi connectivity index (χ0v) is 7.67. The first kappa shape index (κ1) is 9.55. The van der Waals surface area contributed by atoms with Gasteiger partial charge in [-0.2, -0.15) is 5.26 Å². The van der Waals surface area contributed by atoms with Crippen LogP contribution >= 0.6 is 0 Å². The van der Waals surface area contributed by atoms with Gasteiger partial charge in [-0.1, -0.05) is 0 Å². The summed E-state index contributed by atoms with van der Waals surface area (Å²) in [4.78, 5) is 0.00370. The van der Waals surface area contributed by atoms with Crippen molar-refractivity contribution in [1.29, 1.82) is 5.26 Å². The van der Waals surface area contributed by atoms with E-state index in [1.807, 2.05) is 0 Å². The van der Waals surface area contributed by atoms with E-state index in [2.05, 4.69) is 0 Å². The van der Waals surface area contributed by atoms with Gasteiger partial charge in [0.1, 0.15) is 11.8 Å². The molecule has 0 spiro atoms. The number of hydrogen-bond donors (Lipinski definition) is 1. The second-order valence-corrected chi connectivity index (χ2v) is 4.58. The summed E-state index contributed by atoms with van der Waals surface area (Å²) in [6.45, 7) is 0. The summed E-state index contributed by atoms with van der Waals surface area (Å²) in [5.41, 5.74) is 0.0624. The van der Waals surface area contributed by atoms with E-state index in [1.54, 1.807) is 6.07 Å². The molecule has 1 aromatic rings. The largest absolute Gasteiger partial charge is 0.507 e. The van der Waals surface area contributed by atoms with Crippen LogP contribution < -0.4 is 0 Å². The molecule has 4 nitrogen and oxygen atoms in total. The summed E-state index contributed by atoms with van der Waals surface area (Å²) in [7, 11) is -3.32. The van der Waals surface area contributed by atoms with Gasteiger partial charge in [-0.25, -0.2) is 8.42 Å². The van der Waals surface area contributed by atoms with E-state index in [-0.39, 0.29) is 16.2 Å². The third-order valence-electron chi connectivity index (χ3n) is 1.52. The van der Waals surface area contributed by atoms with Crippen LogP contribution in [0, 0.1) is 11.3 Å². The van der Waals surface area contributed by atoms with Gasteiger partial charge in [-0.3, -0.25) is 0 Å². The molecule has 0 aliphatic carbocycles. The Balaban J connectivity index is 3.36. The van der Waals surface area contributed by atoms with Crippen molar-refractivity contribution in [1.82, 2.24) is 0 Å². The van der Waals surface area contributed by atoms with Crippen LogP contribution in [0.5, 0.6) is 5.75 Å². The SMILES string of the molecule is CS(=O)(=O)c1ccc(C#N)c(O)c1. The molecule has 0 heterocycles. The smallest absolute Gasteiger partial charge is 0.175 e. The highest BCUT2D eigenvalue weighted by Gasteiger charge is 2.09. The van der Waals surface area contributed by atoms with Crippen molar-refractivity contribution in [3.8, 4) is 11.8 Å². The van der Waals surface area contributed by atoms with E-state index in [9.17, 15) is 8.42 Å². The fraction of sp³-hybridized carbons (Fsp3) is 0.125. The summed E-state index contributed by atoms with van der Waals surface area (Å²) < 4.78 is 22.0. The van der Waals surface area contributed by atoms with Crippen LogP contribution in [0.3, 0.4) is 0 Å². The van der Waals surface area contributed by atoms with E-state index in [1.165, 1.54) is 12.1 Å². The lowest BCUT2D eigenvalue weighted by atomic mass is 10.2. The highest BCUT2D eigenvalue weighted by atomic mass is 32.2. The minimum Gasteiger partial charge on any atom is -0.507 e. The second kappa shape index (κ2) is 3.07. The fourth-order valence-corrected chi connectivity index (χ4v) is 1.48. The summed E-state index contributed by atoms with van der Waals surface area (Å²) in [5, 5.41) is 17.6. The van der Waals surface area contributed by atoms with E-state index >= 15 is 0 Å². The molecule has 13 heavy (non-hydrogen) atoms. The minimum atomic E-state index is -3.32. The maximum atomic E-state index is 11.0. The number of hydrogen-bond acceptors (Lipinski definition) is 4. The molecule has 0 amide bonds. The number of rotatable bonds is 1. The molecule has 68 valence electrons. The normalized spacial score (nSPS) is 10.8. The Morgan fingerprint density at radius 2 is 2.08 bits per heavy atom. The molecule has 1 rings (SSSR count). The molecule has 1 aromatic carbocycles. The molecule has 0 radical (unpaired) electrons. The topological polar surface area (TPSA) is 78.2 Å². The van der Waals surface area contributed by atoms with Gasteiger partial charge < -0.3 is 5.11 Å². The van der Waals surface area contributed by atoms with Gasteiger partial charge in [-0.05, 0) is 18.2 Å². The van der Waals surface area contributed by atoms with Crippen LogP contribution in [-0.2, 0) is 9.84 Å². The van der Waals surface area contributed by atoms with Crippen LogP contribution in [0.1, 0.15) is 5.56 Å². The van der Waals surface area contributed by atoms with Crippen LogP contribution in [0.25, 0.3) is 0 Å². The van der Waals surface area contributed by atoms with Crippen molar-refractivity contribution in [2.24, 2.45) is 0 Å². The van der Waals surface area contributed by atoms with Gasteiger partial charge >= 0.3 is 0 Å². The van der Waals surface area contributed by atoms with Gasteiger partial charge in [0, 0.05) is 6.26 Å². The molecule has 5 heteroatoms. The highest BCUT2D eigenvalue weighted by Crippen LogP contribution is 2.20. The predicted molar refractivity (Wildman–Crippen MR) is 45.9 cm³/mol. The van der Waals surface area contributed by atoms with Crippen molar-refractivity contribution >= 4 is 9.84 Å². The van der Waals surface area contributed by atoms with Crippen LogP contribution in [0.4, 0.5) is 0 Å². The Morgan fingerprint density at radius 1 is 1.46 bits per heavy atom. The van der Waals surface area contributed by atoms with Crippen molar-refractivity contribution in [2.45, 2.75) is 4.90 Å². The molecule has 0 atom stereocenters. The van der Waals surface area contributed by atoms with E-state index in [4.69, 9.17) is 10.4 Å². The zero-order chi connectivity index (χ0) is 10.1. The van der Waals surface area contributed by atoms with Crippen molar-refractivity contribution in [3.05, 3.63) is 23.8 Å². The molecule has 0 saturated carbocycles. The third kappa shape index (κ3) is 1.98. The fourth-order valence-electron chi connectivity index (χ4n) is 0.837. The molecule has 0 aliphatic rings. The lowest BCUT2D eigenvalue weighted by Crippen LogP contribution is -1.96. The third-order valence-corrected chi connectivity index (χ3v) is 2.63. The zero-order valence-electron chi connectivity index (χ0n) is 6.85. The maximum Gasteiger partial charge on any atom is 0.175 e. The molecular weight excluding hydrogens is 190 g/mol. The van der Waals surface area contributed by atoms with Gasteiger partial charge in [0.05, 0.1) is 10.5 Å². The average molecular weight is 197 g/mol. The Hall–Kier alpha value is -1.54. The quantitative estimate of drug-likeness (QED) is 0.717. The minimum absolute atomic E-state index is 0.00370. The first-order valence-electron chi connectivity index (χ1n) is 3.38. The number of aromatic hydroxyl groups is 1. The van der Waals surface area contributed by atoms with E-state index < -0.39 is 9.84 Å². The van der Waals surface area contributed by atoms with Crippen LogP contribution in [0.2, 0.25) is 0 Å². The summed E-state index contributed by atoms with van der Waals surface area (Å²) >= 11 is 0. The number of phenols is 1. The Morgan fingerprint density at radius 3 is 2.46 bits per heavy atom. The molecular formula is C8H7NO3S. The Kier molecular flexibility index (Phi) is 2.26. The number of benzene rings is 1. The summed E-state index contributed by atoms with van der Waals surface area (Å²) in [6, 6.07) is 5.35. The predicted octanol–water partition coefficient (Wildman–Crippen LogP) is 0.667. The van der Waals surface area contributed by atoms with E-state index in [0.29, 0.717) is 0 Å². The van der Waals surface area contributed by atoms with Crippen molar-refractivity contribution in [2.75, 3.05) is 6.26 Å². The molecule has 1 N–H and O–H groups in total. The van der Waals surface area contributed by atoms with Gasteiger partial charge in [-0.15, -0.1) is 0 Å². The maximum absolute atomic E-state index is 11.0. The number of phenolic OH excluding ortho intramolecular Hbond substituents is 1. The first-order valence-corrected chi connectivity index (χ1v) is 5.27. The monoisotopic (exact) mass is 197 g/mol. The van der Waals surface area contributed by atoms with Gasteiger partial charge in [0.25, 0.3) is 0 Å². The van der Waals surface area contributed by atoms with Crippen molar-refractivity contribution in [3.63, 3.8) is 0 Å². The average Bonchev–Trinajstić information content (AvgIpc) is 2.02. The Labute approximate surface area is 76.0 Å².